The molecule has 1 unspecified atom stereocenters. The van der Waals surface area contributed by atoms with E-state index in [-0.39, 0.29) is 6.54 Å². The van der Waals surface area contributed by atoms with Crippen LogP contribution in [0.2, 0.25) is 0 Å². The molecule has 1 saturated heterocycles. The number of nitrogens with zero attached hydrogens (tertiary/aromatic N) is 1. The smallest absolute Gasteiger partial charge is 0.243 e. The standard InChI is InChI=1S/C12H17NO3S/c14-11-6-4-5-9-13(10-11)17(15,16)12-7-2-1-3-8-12/h1-3,7-8,11,14H,4-6,9-10H2. The molecule has 1 N–H and O–H groups in total. The van der Waals surface area contributed by atoms with Crippen molar-refractivity contribution >= 4 is 10.0 Å². The van der Waals surface area contributed by atoms with Gasteiger partial charge in [0.25, 0.3) is 0 Å². The van der Waals surface area contributed by atoms with Gasteiger partial charge in [-0.3, -0.25) is 0 Å². The van der Waals surface area contributed by atoms with Crippen LogP contribution in [0.25, 0.3) is 0 Å². The van der Waals surface area contributed by atoms with Crippen molar-refractivity contribution in [3.63, 3.8) is 0 Å². The molecule has 17 heavy (non-hydrogen) atoms. The summed E-state index contributed by atoms with van der Waals surface area (Å²) in [6.07, 6.45) is 1.82. The molecule has 5 heteroatoms. The van der Waals surface area contributed by atoms with Gasteiger partial charge in [0.1, 0.15) is 0 Å². The Morgan fingerprint density at radius 1 is 1.18 bits per heavy atom. The lowest BCUT2D eigenvalue weighted by molar-refractivity contribution is 0.148. The number of aliphatic hydroxyl groups is 1. The number of aliphatic hydroxyl groups excluding tert-OH is 1. The van der Waals surface area contributed by atoms with Crippen molar-refractivity contribution in [3.05, 3.63) is 30.3 Å². The molecule has 0 spiro atoms. The largest absolute Gasteiger partial charge is 0.392 e. The second-order valence-corrected chi connectivity index (χ2v) is 6.26. The third-order valence-electron chi connectivity index (χ3n) is 2.99. The molecular formula is C12H17NO3S. The Bertz CT molecular complexity index is 458. The van der Waals surface area contributed by atoms with Crippen molar-refractivity contribution in [2.75, 3.05) is 13.1 Å². The van der Waals surface area contributed by atoms with Gasteiger partial charge in [-0.05, 0) is 31.4 Å². The van der Waals surface area contributed by atoms with Crippen LogP contribution in [-0.4, -0.2) is 37.0 Å². The molecule has 4 nitrogen and oxygen atoms in total. The van der Waals surface area contributed by atoms with E-state index in [0.29, 0.717) is 17.9 Å². The second-order valence-electron chi connectivity index (χ2n) is 4.33. The van der Waals surface area contributed by atoms with Crippen LogP contribution < -0.4 is 0 Å². The van der Waals surface area contributed by atoms with Crippen LogP contribution in [0.15, 0.2) is 35.2 Å². The van der Waals surface area contributed by atoms with Crippen molar-refractivity contribution in [3.8, 4) is 0 Å². The fourth-order valence-electron chi connectivity index (χ4n) is 2.05. The van der Waals surface area contributed by atoms with Gasteiger partial charge in [0.05, 0.1) is 11.0 Å². The molecule has 0 bridgehead atoms. The lowest BCUT2D eigenvalue weighted by Crippen LogP contribution is -2.36. The Hall–Kier alpha value is -0.910. The molecule has 0 radical (unpaired) electrons. The number of rotatable bonds is 2. The van der Waals surface area contributed by atoms with E-state index in [4.69, 9.17) is 0 Å². The van der Waals surface area contributed by atoms with Crippen molar-refractivity contribution in [1.29, 1.82) is 0 Å². The highest BCUT2D eigenvalue weighted by molar-refractivity contribution is 7.89. The minimum atomic E-state index is -3.44. The van der Waals surface area contributed by atoms with Gasteiger partial charge in [-0.15, -0.1) is 0 Å². The van der Waals surface area contributed by atoms with Gasteiger partial charge >= 0.3 is 0 Å². The zero-order valence-electron chi connectivity index (χ0n) is 9.62. The van der Waals surface area contributed by atoms with Gasteiger partial charge in [-0.2, -0.15) is 4.31 Å². The molecule has 1 aromatic rings. The van der Waals surface area contributed by atoms with E-state index in [0.717, 1.165) is 12.8 Å². The average molecular weight is 255 g/mol. The summed E-state index contributed by atoms with van der Waals surface area (Å²) in [6, 6.07) is 8.39. The molecule has 1 atom stereocenters. The van der Waals surface area contributed by atoms with Crippen molar-refractivity contribution < 1.29 is 13.5 Å². The quantitative estimate of drug-likeness (QED) is 0.864. The Balaban J connectivity index is 2.26. The normalized spacial score (nSPS) is 23.2. The minimum absolute atomic E-state index is 0.206. The van der Waals surface area contributed by atoms with Crippen molar-refractivity contribution in [2.45, 2.75) is 30.3 Å². The summed E-state index contributed by atoms with van der Waals surface area (Å²) in [6.45, 7) is 0.700. The van der Waals surface area contributed by atoms with Crippen molar-refractivity contribution in [1.82, 2.24) is 4.31 Å². The Kier molecular flexibility index (Phi) is 3.81. The molecular weight excluding hydrogens is 238 g/mol. The van der Waals surface area contributed by atoms with Gasteiger partial charge in [0, 0.05) is 13.1 Å². The maximum Gasteiger partial charge on any atom is 0.243 e. The minimum Gasteiger partial charge on any atom is -0.392 e. The van der Waals surface area contributed by atoms with E-state index in [9.17, 15) is 13.5 Å². The Morgan fingerprint density at radius 2 is 1.88 bits per heavy atom. The van der Waals surface area contributed by atoms with E-state index in [2.05, 4.69) is 0 Å². The molecule has 1 aliphatic rings. The number of benzene rings is 1. The molecule has 1 aromatic carbocycles. The fourth-order valence-corrected chi connectivity index (χ4v) is 3.58. The van der Waals surface area contributed by atoms with Crippen LogP contribution in [-0.2, 0) is 10.0 Å². The molecule has 2 rings (SSSR count). The van der Waals surface area contributed by atoms with Crippen molar-refractivity contribution in [2.24, 2.45) is 0 Å². The molecule has 94 valence electrons. The summed E-state index contributed by atoms with van der Waals surface area (Å²) in [5.41, 5.74) is 0. The maximum atomic E-state index is 12.3. The highest BCUT2D eigenvalue weighted by atomic mass is 32.2. The van der Waals surface area contributed by atoms with Crippen LogP contribution in [0.3, 0.4) is 0 Å². The van der Waals surface area contributed by atoms with Crippen LogP contribution in [0.5, 0.6) is 0 Å². The highest BCUT2D eigenvalue weighted by Gasteiger charge is 2.27. The summed E-state index contributed by atoms with van der Waals surface area (Å²) in [4.78, 5) is 0.300. The number of hydrogen-bond acceptors (Lipinski definition) is 3. The first-order valence-electron chi connectivity index (χ1n) is 5.84. The molecule has 1 heterocycles. The summed E-state index contributed by atoms with van der Waals surface area (Å²) in [7, 11) is -3.44. The van der Waals surface area contributed by atoms with Gasteiger partial charge in [0.2, 0.25) is 10.0 Å². The lowest BCUT2D eigenvalue weighted by Gasteiger charge is -2.21. The van der Waals surface area contributed by atoms with E-state index in [1.165, 1.54) is 4.31 Å². The van der Waals surface area contributed by atoms with Crippen LogP contribution in [0.4, 0.5) is 0 Å². The highest BCUT2D eigenvalue weighted by Crippen LogP contribution is 2.19. The SMILES string of the molecule is O=S(=O)(c1ccccc1)N1CCCCC(O)C1. The molecule has 1 aliphatic heterocycles. The number of sulfonamides is 1. The number of hydrogen-bond donors (Lipinski definition) is 1. The zero-order valence-corrected chi connectivity index (χ0v) is 10.4. The molecule has 0 amide bonds. The third-order valence-corrected chi connectivity index (χ3v) is 4.87. The Labute approximate surface area is 102 Å². The van der Waals surface area contributed by atoms with Crippen LogP contribution >= 0.6 is 0 Å². The first-order chi connectivity index (χ1) is 8.10. The van der Waals surface area contributed by atoms with E-state index >= 15 is 0 Å². The van der Waals surface area contributed by atoms with Gasteiger partial charge < -0.3 is 5.11 Å². The summed E-state index contributed by atoms with van der Waals surface area (Å²) in [5.74, 6) is 0. The predicted octanol–water partition coefficient (Wildman–Crippen LogP) is 1.22. The summed E-state index contributed by atoms with van der Waals surface area (Å²) < 4.78 is 26.0. The first-order valence-corrected chi connectivity index (χ1v) is 7.28. The zero-order chi connectivity index (χ0) is 12.3. The van der Waals surface area contributed by atoms with E-state index in [1.807, 2.05) is 0 Å². The molecule has 0 saturated carbocycles. The maximum absolute atomic E-state index is 12.3. The Morgan fingerprint density at radius 3 is 2.59 bits per heavy atom. The molecule has 0 aliphatic carbocycles. The van der Waals surface area contributed by atoms with E-state index in [1.54, 1.807) is 30.3 Å². The monoisotopic (exact) mass is 255 g/mol. The predicted molar refractivity (Wildman–Crippen MR) is 65.1 cm³/mol. The molecule has 1 fully saturated rings. The lowest BCUT2D eigenvalue weighted by atomic mass is 10.2. The number of β-amino-alcohol motifs (C(OH)–C–C–N with tert-alkyl or cyclic N) is 1. The second kappa shape index (κ2) is 5.16. The van der Waals surface area contributed by atoms with Gasteiger partial charge in [-0.25, -0.2) is 8.42 Å². The fraction of sp³-hybridized carbons (Fsp3) is 0.500. The molecule has 0 aromatic heterocycles. The van der Waals surface area contributed by atoms with E-state index < -0.39 is 16.1 Å². The third kappa shape index (κ3) is 2.86. The summed E-state index contributed by atoms with van der Waals surface area (Å²) in [5, 5.41) is 9.66. The first kappa shape index (κ1) is 12.5. The van der Waals surface area contributed by atoms with Gasteiger partial charge in [0.15, 0.2) is 0 Å². The summed E-state index contributed by atoms with van der Waals surface area (Å²) >= 11 is 0. The van der Waals surface area contributed by atoms with Gasteiger partial charge in [-0.1, -0.05) is 18.2 Å². The average Bonchev–Trinajstić information content (AvgIpc) is 2.55. The van der Waals surface area contributed by atoms with Crippen LogP contribution in [0.1, 0.15) is 19.3 Å². The van der Waals surface area contributed by atoms with Crippen LogP contribution in [0, 0.1) is 0 Å². The topological polar surface area (TPSA) is 57.6 Å².